The van der Waals surface area contributed by atoms with E-state index in [1.54, 1.807) is 6.20 Å². The van der Waals surface area contributed by atoms with Crippen LogP contribution in [0.3, 0.4) is 0 Å². The van der Waals surface area contributed by atoms with Gasteiger partial charge in [0, 0.05) is 6.54 Å². The molecule has 1 amide bonds. The van der Waals surface area contributed by atoms with Crippen LogP contribution in [0.1, 0.15) is 12.1 Å². The first-order valence-corrected chi connectivity index (χ1v) is 7.06. The predicted molar refractivity (Wildman–Crippen MR) is 70.5 cm³/mol. The number of amides is 1. The topological polar surface area (TPSA) is 123 Å². The highest BCUT2D eigenvalue weighted by molar-refractivity contribution is 7.98. The fraction of sp³-hybridized carbons (Fsp3) is 0.600. The molecule has 0 aliphatic heterocycles. The molecule has 8 nitrogen and oxygen atoms in total. The Morgan fingerprint density at radius 3 is 2.89 bits per heavy atom. The van der Waals surface area contributed by atoms with Crippen molar-refractivity contribution in [3.63, 3.8) is 0 Å². The Morgan fingerprint density at radius 1 is 1.63 bits per heavy atom. The Morgan fingerprint density at radius 2 is 2.37 bits per heavy atom. The minimum Gasteiger partial charge on any atom is -0.480 e. The van der Waals surface area contributed by atoms with Gasteiger partial charge in [0.2, 0.25) is 5.91 Å². The average Bonchev–Trinajstić information content (AvgIpc) is 2.81. The van der Waals surface area contributed by atoms with Gasteiger partial charge in [-0.2, -0.15) is 11.8 Å². The molecule has 1 heterocycles. The van der Waals surface area contributed by atoms with E-state index in [1.807, 2.05) is 6.26 Å². The molecule has 1 rings (SSSR count). The van der Waals surface area contributed by atoms with Gasteiger partial charge in [-0.3, -0.25) is 4.79 Å². The number of rotatable bonds is 8. The zero-order valence-electron chi connectivity index (χ0n) is 10.6. The molecule has 0 saturated heterocycles. The maximum atomic E-state index is 11.7. The third kappa shape index (κ3) is 5.26. The van der Waals surface area contributed by atoms with E-state index in [4.69, 9.17) is 10.8 Å². The van der Waals surface area contributed by atoms with Gasteiger partial charge in [-0.05, 0) is 18.4 Å². The van der Waals surface area contributed by atoms with Crippen LogP contribution in [0.2, 0.25) is 0 Å². The Labute approximate surface area is 114 Å². The van der Waals surface area contributed by atoms with Gasteiger partial charge in [-0.15, -0.1) is 5.10 Å². The molecule has 0 radical (unpaired) electrons. The maximum Gasteiger partial charge on any atom is 0.326 e. The summed E-state index contributed by atoms with van der Waals surface area (Å²) in [6.07, 6.45) is 3.81. The first-order chi connectivity index (χ1) is 9.06. The monoisotopic (exact) mass is 287 g/mol. The SMILES string of the molecule is CSCC[C@@H](NC(=O)Cn1cc(CN)nn1)C(=O)O. The maximum absolute atomic E-state index is 11.7. The number of carboxylic acids is 1. The minimum absolute atomic E-state index is 0.0734. The molecule has 19 heavy (non-hydrogen) atoms. The number of nitrogens with zero attached hydrogens (tertiary/aromatic N) is 3. The lowest BCUT2D eigenvalue weighted by Crippen LogP contribution is -2.42. The number of carbonyl (C=O) groups is 2. The Bertz CT molecular complexity index is 437. The van der Waals surface area contributed by atoms with E-state index in [0.717, 1.165) is 0 Å². The van der Waals surface area contributed by atoms with Gasteiger partial charge in [0.25, 0.3) is 0 Å². The largest absolute Gasteiger partial charge is 0.480 e. The van der Waals surface area contributed by atoms with Crippen LogP contribution in [0.4, 0.5) is 0 Å². The molecule has 0 bridgehead atoms. The van der Waals surface area contributed by atoms with Gasteiger partial charge in [-0.1, -0.05) is 5.21 Å². The van der Waals surface area contributed by atoms with Crippen molar-refractivity contribution in [2.75, 3.05) is 12.0 Å². The van der Waals surface area contributed by atoms with E-state index < -0.39 is 17.9 Å². The quantitative estimate of drug-likeness (QED) is 0.563. The van der Waals surface area contributed by atoms with E-state index in [2.05, 4.69) is 15.6 Å². The van der Waals surface area contributed by atoms with Crippen LogP contribution < -0.4 is 11.1 Å². The zero-order chi connectivity index (χ0) is 14.3. The summed E-state index contributed by atoms with van der Waals surface area (Å²) in [7, 11) is 0. The molecule has 0 fully saturated rings. The third-order valence-corrected chi connectivity index (χ3v) is 2.99. The number of hydrogen-bond donors (Lipinski definition) is 3. The first kappa shape index (κ1) is 15.4. The summed E-state index contributed by atoms with van der Waals surface area (Å²) in [6, 6.07) is -0.877. The molecular weight excluding hydrogens is 270 g/mol. The first-order valence-electron chi connectivity index (χ1n) is 5.67. The van der Waals surface area contributed by atoms with Gasteiger partial charge >= 0.3 is 5.97 Å². The van der Waals surface area contributed by atoms with Gasteiger partial charge in [0.15, 0.2) is 0 Å². The van der Waals surface area contributed by atoms with E-state index in [1.165, 1.54) is 16.4 Å². The standard InChI is InChI=1S/C10H17N5O3S/c1-19-3-2-8(10(17)18)12-9(16)6-15-5-7(4-11)13-14-15/h5,8H,2-4,6,11H2,1H3,(H,12,16)(H,17,18)/t8-/m1/s1. The van der Waals surface area contributed by atoms with Crippen molar-refractivity contribution in [2.45, 2.75) is 25.6 Å². The van der Waals surface area contributed by atoms with E-state index >= 15 is 0 Å². The summed E-state index contributed by atoms with van der Waals surface area (Å²) in [4.78, 5) is 22.7. The highest BCUT2D eigenvalue weighted by atomic mass is 32.2. The smallest absolute Gasteiger partial charge is 0.326 e. The van der Waals surface area contributed by atoms with Crippen LogP contribution in [-0.2, 0) is 22.7 Å². The van der Waals surface area contributed by atoms with Crippen molar-refractivity contribution in [3.05, 3.63) is 11.9 Å². The molecule has 1 atom stereocenters. The minimum atomic E-state index is -1.04. The lowest BCUT2D eigenvalue weighted by Gasteiger charge is -2.13. The van der Waals surface area contributed by atoms with Crippen molar-refractivity contribution in [3.8, 4) is 0 Å². The summed E-state index contributed by atoms with van der Waals surface area (Å²) in [6.45, 7) is 0.170. The van der Waals surface area contributed by atoms with E-state index in [9.17, 15) is 9.59 Å². The van der Waals surface area contributed by atoms with Gasteiger partial charge < -0.3 is 16.2 Å². The molecule has 0 aromatic carbocycles. The van der Waals surface area contributed by atoms with Crippen LogP contribution >= 0.6 is 11.8 Å². The second-order valence-electron chi connectivity index (χ2n) is 3.85. The van der Waals surface area contributed by atoms with Crippen LogP contribution in [0.15, 0.2) is 6.20 Å². The van der Waals surface area contributed by atoms with E-state index in [-0.39, 0.29) is 13.1 Å². The summed E-state index contributed by atoms with van der Waals surface area (Å²) in [5.41, 5.74) is 5.95. The zero-order valence-corrected chi connectivity index (χ0v) is 11.4. The number of thioether (sulfide) groups is 1. The second-order valence-corrected chi connectivity index (χ2v) is 4.84. The molecule has 0 aliphatic carbocycles. The fourth-order valence-corrected chi connectivity index (χ4v) is 1.86. The van der Waals surface area contributed by atoms with Crippen molar-refractivity contribution >= 4 is 23.6 Å². The average molecular weight is 287 g/mol. The molecule has 0 spiro atoms. The highest BCUT2D eigenvalue weighted by Crippen LogP contribution is 2.01. The van der Waals surface area contributed by atoms with Crippen LogP contribution in [0, 0.1) is 0 Å². The molecule has 1 aromatic heterocycles. The number of nitrogens with one attached hydrogen (secondary N) is 1. The normalized spacial score (nSPS) is 12.1. The number of hydrogen-bond acceptors (Lipinski definition) is 6. The van der Waals surface area contributed by atoms with Crippen molar-refractivity contribution in [1.82, 2.24) is 20.3 Å². The van der Waals surface area contributed by atoms with Crippen molar-refractivity contribution < 1.29 is 14.7 Å². The Balaban J connectivity index is 2.49. The molecule has 0 aliphatic rings. The molecule has 1 aromatic rings. The molecule has 0 saturated carbocycles. The molecular formula is C10H17N5O3S. The van der Waals surface area contributed by atoms with Crippen LogP contribution in [0.5, 0.6) is 0 Å². The number of aliphatic carboxylic acids is 1. The Hall–Kier alpha value is -1.61. The van der Waals surface area contributed by atoms with Crippen molar-refractivity contribution in [1.29, 1.82) is 0 Å². The van der Waals surface area contributed by atoms with Crippen LogP contribution in [0.25, 0.3) is 0 Å². The molecule has 0 unspecified atom stereocenters. The predicted octanol–water partition coefficient (Wildman–Crippen LogP) is -0.941. The molecule has 4 N–H and O–H groups in total. The lowest BCUT2D eigenvalue weighted by molar-refractivity contribution is -0.142. The number of carboxylic acid groups (broad SMARTS) is 1. The van der Waals surface area contributed by atoms with Gasteiger partial charge in [0.1, 0.15) is 12.6 Å². The number of carbonyl (C=O) groups excluding carboxylic acids is 1. The lowest BCUT2D eigenvalue weighted by atomic mass is 10.2. The number of aromatic nitrogens is 3. The number of nitrogens with two attached hydrogens (primary N) is 1. The molecule has 106 valence electrons. The summed E-state index contributed by atoms with van der Waals surface area (Å²) >= 11 is 1.53. The van der Waals surface area contributed by atoms with Crippen molar-refractivity contribution in [2.24, 2.45) is 5.73 Å². The highest BCUT2D eigenvalue weighted by Gasteiger charge is 2.19. The fourth-order valence-electron chi connectivity index (χ4n) is 1.39. The van der Waals surface area contributed by atoms with Crippen LogP contribution in [-0.4, -0.2) is 50.0 Å². The summed E-state index contributed by atoms with van der Waals surface area (Å²) < 4.78 is 1.32. The summed E-state index contributed by atoms with van der Waals surface area (Å²) in [5.74, 6) is -0.789. The van der Waals surface area contributed by atoms with Gasteiger partial charge in [-0.25, -0.2) is 9.48 Å². The third-order valence-electron chi connectivity index (χ3n) is 2.34. The molecule has 9 heteroatoms. The van der Waals surface area contributed by atoms with E-state index in [0.29, 0.717) is 17.9 Å². The second kappa shape index (κ2) is 7.74. The van der Waals surface area contributed by atoms with Gasteiger partial charge in [0.05, 0.1) is 11.9 Å². The summed E-state index contributed by atoms with van der Waals surface area (Å²) in [5, 5.41) is 18.9. The Kier molecular flexibility index (Phi) is 6.30.